The first-order valence-corrected chi connectivity index (χ1v) is 16.5. The highest BCUT2D eigenvalue weighted by Crippen LogP contribution is 2.35. The molecule has 1 saturated carbocycles. The van der Waals surface area contributed by atoms with Crippen molar-refractivity contribution in [3.05, 3.63) is 66.0 Å². The van der Waals surface area contributed by atoms with Gasteiger partial charge in [0.1, 0.15) is 5.82 Å². The average molecular weight is 620 g/mol. The number of piperazine rings is 1. The number of carbonyl (C=O) groups is 2. The quantitative estimate of drug-likeness (QED) is 0.289. The molecule has 0 spiro atoms. The number of benzene rings is 2. The first-order valence-electron chi connectivity index (χ1n) is 16.5. The predicted octanol–water partition coefficient (Wildman–Crippen LogP) is 6.58. The van der Waals surface area contributed by atoms with Crippen molar-refractivity contribution in [3.8, 4) is 0 Å². The summed E-state index contributed by atoms with van der Waals surface area (Å²) in [6, 6.07) is 14.8. The van der Waals surface area contributed by atoms with Crippen molar-refractivity contribution in [2.24, 2.45) is 10.9 Å². The van der Waals surface area contributed by atoms with Gasteiger partial charge < -0.3 is 15.5 Å². The maximum atomic E-state index is 12.1. The minimum atomic E-state index is -0.318. The molecule has 0 atom stereocenters. The van der Waals surface area contributed by atoms with E-state index in [2.05, 4.69) is 70.0 Å². The fourth-order valence-corrected chi connectivity index (χ4v) is 5.45. The first-order chi connectivity index (χ1) is 21.7. The van der Waals surface area contributed by atoms with Crippen molar-refractivity contribution in [1.82, 2.24) is 15.5 Å². The standard InChI is InChI=1S/C21H30N4O2.C10H12N2.C3H9N.C2H6/c1-3-16-13-18(14-16)24-10-8-23(9-11-24)17-4-5-19(15(2)12-17)25-7-6-20(26)22-21(25)27;1-8-4-6-10(7-5-8)12-9(2)11-3;1-3-4-2;1-2/h4-5,12,16,18H,3,6-11,13-14H2,1-2H3,(H,22,26,27);4-7,12H,2-3H2,1H3;4H,3H2,1-2H3;1-2H3. The van der Waals surface area contributed by atoms with Gasteiger partial charge in [-0.1, -0.05) is 58.4 Å². The number of rotatable bonds is 8. The lowest BCUT2D eigenvalue weighted by Crippen LogP contribution is -2.54. The van der Waals surface area contributed by atoms with Gasteiger partial charge >= 0.3 is 6.03 Å². The molecule has 3 fully saturated rings. The highest BCUT2D eigenvalue weighted by molar-refractivity contribution is 6.06. The Morgan fingerprint density at radius 3 is 2.11 bits per heavy atom. The number of amides is 3. The highest BCUT2D eigenvalue weighted by Gasteiger charge is 2.34. The zero-order chi connectivity index (χ0) is 33.4. The lowest BCUT2D eigenvalue weighted by Gasteiger charge is -2.47. The molecular weight excluding hydrogens is 562 g/mol. The van der Waals surface area contributed by atoms with Crippen LogP contribution in [0.2, 0.25) is 0 Å². The van der Waals surface area contributed by atoms with Crippen LogP contribution in [0.3, 0.4) is 0 Å². The van der Waals surface area contributed by atoms with E-state index in [1.54, 1.807) is 4.90 Å². The molecule has 9 nitrogen and oxygen atoms in total. The van der Waals surface area contributed by atoms with Crippen LogP contribution in [-0.2, 0) is 4.79 Å². The summed E-state index contributed by atoms with van der Waals surface area (Å²) in [5, 5.41) is 8.32. The van der Waals surface area contributed by atoms with Crippen LogP contribution in [0.25, 0.3) is 0 Å². The molecule has 9 heteroatoms. The van der Waals surface area contributed by atoms with Gasteiger partial charge in [-0.05, 0) is 88.8 Å². The molecule has 2 aromatic carbocycles. The molecule has 0 unspecified atom stereocenters. The summed E-state index contributed by atoms with van der Waals surface area (Å²) in [4.78, 5) is 33.9. The Morgan fingerprint density at radius 2 is 1.60 bits per heavy atom. The van der Waals surface area contributed by atoms with Gasteiger partial charge in [-0.2, -0.15) is 0 Å². The van der Waals surface area contributed by atoms with Crippen LogP contribution in [0.5, 0.6) is 0 Å². The van der Waals surface area contributed by atoms with Gasteiger partial charge in [0.05, 0.1) is 0 Å². The van der Waals surface area contributed by atoms with E-state index in [9.17, 15) is 9.59 Å². The van der Waals surface area contributed by atoms with E-state index in [1.807, 2.05) is 65.1 Å². The van der Waals surface area contributed by atoms with Crippen LogP contribution in [0.15, 0.2) is 59.9 Å². The summed E-state index contributed by atoms with van der Waals surface area (Å²) < 4.78 is 0. The number of carbonyl (C=O) groups excluding carboxylic acids is 2. The molecule has 2 aromatic rings. The fraction of sp³-hybridized carbons (Fsp3) is 0.528. The fourth-order valence-electron chi connectivity index (χ4n) is 5.45. The third-order valence-corrected chi connectivity index (χ3v) is 8.39. The zero-order valence-corrected chi connectivity index (χ0v) is 28.8. The van der Waals surface area contributed by atoms with E-state index in [1.165, 1.54) is 30.5 Å². The molecule has 0 bridgehead atoms. The third kappa shape index (κ3) is 11.6. The van der Waals surface area contributed by atoms with Crippen LogP contribution in [0.1, 0.15) is 64.5 Å². The van der Waals surface area contributed by atoms with Gasteiger partial charge in [0, 0.05) is 62.2 Å². The Bertz CT molecular complexity index is 1210. The SMILES string of the molecule is C=NC(=C)Nc1ccc(C)cc1.CC.CCC1CC(N2CCN(c3ccc(N4CCC(=O)NC4=O)c(C)c3)CC2)C1.CCNC. The molecule has 2 saturated heterocycles. The minimum Gasteiger partial charge on any atom is -0.369 e. The maximum absolute atomic E-state index is 12.1. The van der Waals surface area contributed by atoms with Crippen LogP contribution >= 0.6 is 0 Å². The Hall–Kier alpha value is -3.69. The number of aryl methyl sites for hydroxylation is 2. The number of hydrogen-bond donors (Lipinski definition) is 3. The van der Waals surface area contributed by atoms with E-state index < -0.39 is 0 Å². The minimum absolute atomic E-state index is 0.194. The zero-order valence-electron chi connectivity index (χ0n) is 28.8. The number of imide groups is 1. The molecule has 3 amide bonds. The number of hydrogen-bond acceptors (Lipinski definition) is 7. The number of nitrogens with zero attached hydrogens (tertiary/aromatic N) is 4. The first kappa shape index (κ1) is 37.5. The molecule has 2 aliphatic heterocycles. The van der Waals surface area contributed by atoms with Crippen molar-refractivity contribution in [2.45, 2.75) is 73.3 Å². The summed E-state index contributed by atoms with van der Waals surface area (Å²) in [6.07, 6.45) is 4.44. The van der Waals surface area contributed by atoms with Crippen LogP contribution < -0.4 is 25.8 Å². The molecule has 3 N–H and O–H groups in total. The molecular formula is C36H57N7O2. The van der Waals surface area contributed by atoms with E-state index >= 15 is 0 Å². The van der Waals surface area contributed by atoms with Crippen molar-refractivity contribution in [3.63, 3.8) is 0 Å². The van der Waals surface area contributed by atoms with Gasteiger partial charge in [0.15, 0.2) is 0 Å². The number of urea groups is 1. The maximum Gasteiger partial charge on any atom is 0.328 e. The van der Waals surface area contributed by atoms with Crippen LogP contribution in [-0.4, -0.2) is 75.9 Å². The predicted molar refractivity (Wildman–Crippen MR) is 192 cm³/mol. The second-order valence-electron chi connectivity index (χ2n) is 11.5. The van der Waals surface area contributed by atoms with Crippen molar-refractivity contribution < 1.29 is 9.59 Å². The largest absolute Gasteiger partial charge is 0.369 e. The van der Waals surface area contributed by atoms with Gasteiger partial charge in [-0.15, -0.1) is 0 Å². The molecule has 1 aliphatic carbocycles. The monoisotopic (exact) mass is 619 g/mol. The summed E-state index contributed by atoms with van der Waals surface area (Å²) in [5.41, 5.74) is 5.41. The molecule has 248 valence electrons. The number of aliphatic imine (C=N–C) groups is 1. The molecule has 0 aromatic heterocycles. The summed E-state index contributed by atoms with van der Waals surface area (Å²) in [6.45, 7) is 25.4. The Morgan fingerprint density at radius 1 is 0.978 bits per heavy atom. The number of nitrogens with one attached hydrogen (secondary N) is 3. The highest BCUT2D eigenvalue weighted by atomic mass is 16.2. The van der Waals surface area contributed by atoms with Crippen molar-refractivity contribution >= 4 is 35.7 Å². The summed E-state index contributed by atoms with van der Waals surface area (Å²) >= 11 is 0. The summed E-state index contributed by atoms with van der Waals surface area (Å²) in [5.74, 6) is 1.32. The average Bonchev–Trinajstić information content (AvgIpc) is 3.04. The van der Waals surface area contributed by atoms with E-state index in [-0.39, 0.29) is 11.9 Å². The number of anilines is 3. The molecule has 5 rings (SSSR count). The van der Waals surface area contributed by atoms with E-state index in [4.69, 9.17) is 0 Å². The summed E-state index contributed by atoms with van der Waals surface area (Å²) in [7, 11) is 1.93. The Kier molecular flexibility index (Phi) is 16.4. The van der Waals surface area contributed by atoms with Gasteiger partial charge in [-0.25, -0.2) is 9.79 Å². The lowest BCUT2D eigenvalue weighted by atomic mass is 9.77. The topological polar surface area (TPSA) is 92.3 Å². The molecule has 3 aliphatic rings. The van der Waals surface area contributed by atoms with Crippen molar-refractivity contribution in [2.75, 3.05) is 61.4 Å². The Balaban J connectivity index is 0.000000326. The van der Waals surface area contributed by atoms with Crippen LogP contribution in [0.4, 0.5) is 21.9 Å². The Labute approximate surface area is 272 Å². The second-order valence-corrected chi connectivity index (χ2v) is 11.5. The van der Waals surface area contributed by atoms with Gasteiger partial charge in [-0.3, -0.25) is 19.9 Å². The van der Waals surface area contributed by atoms with E-state index in [0.717, 1.165) is 61.6 Å². The lowest BCUT2D eigenvalue weighted by molar-refractivity contribution is -0.120. The second kappa shape index (κ2) is 19.6. The van der Waals surface area contributed by atoms with Gasteiger partial charge in [0.25, 0.3) is 0 Å². The normalized spacial score (nSPS) is 19.3. The molecule has 2 heterocycles. The smallest absolute Gasteiger partial charge is 0.328 e. The van der Waals surface area contributed by atoms with Gasteiger partial charge in [0.2, 0.25) is 5.91 Å². The van der Waals surface area contributed by atoms with E-state index in [0.29, 0.717) is 18.8 Å². The molecule has 0 radical (unpaired) electrons. The third-order valence-electron chi connectivity index (χ3n) is 8.39. The molecule has 45 heavy (non-hydrogen) atoms. The van der Waals surface area contributed by atoms with Crippen molar-refractivity contribution in [1.29, 1.82) is 0 Å². The van der Waals surface area contributed by atoms with Crippen LogP contribution in [0, 0.1) is 19.8 Å².